The molecule has 2 heterocycles. The molecular weight excluding hydrogens is 382 g/mol. The Morgan fingerprint density at radius 2 is 1.77 bits per heavy atom. The fraction of sp³-hybridized carbons (Fsp3) is 0.304. The van der Waals surface area contributed by atoms with Crippen molar-refractivity contribution in [1.29, 1.82) is 0 Å². The van der Waals surface area contributed by atoms with Crippen LogP contribution in [0.3, 0.4) is 0 Å². The SMILES string of the molecule is CCN(C)C(=O)c1coc(CN(Cc2ccccc2)Cc2ccc3c(c2)OCO3)n1. The average Bonchev–Trinajstić information content (AvgIpc) is 3.42. The van der Waals surface area contributed by atoms with Crippen molar-refractivity contribution in [3.8, 4) is 11.5 Å². The molecule has 1 aliphatic heterocycles. The molecule has 0 fully saturated rings. The van der Waals surface area contributed by atoms with Crippen LogP contribution in [0, 0.1) is 0 Å². The summed E-state index contributed by atoms with van der Waals surface area (Å²) in [6.07, 6.45) is 1.44. The molecule has 0 atom stereocenters. The van der Waals surface area contributed by atoms with E-state index in [0.29, 0.717) is 31.2 Å². The van der Waals surface area contributed by atoms with Crippen molar-refractivity contribution >= 4 is 5.91 Å². The molecule has 1 amide bonds. The molecule has 0 unspecified atom stereocenters. The highest BCUT2D eigenvalue weighted by molar-refractivity contribution is 5.91. The number of rotatable bonds is 8. The molecule has 2 aromatic carbocycles. The molecule has 7 nitrogen and oxygen atoms in total. The fourth-order valence-corrected chi connectivity index (χ4v) is 3.32. The molecule has 0 saturated heterocycles. The lowest BCUT2D eigenvalue weighted by Crippen LogP contribution is -2.26. The maximum absolute atomic E-state index is 12.3. The number of carbonyl (C=O) groups excluding carboxylic acids is 1. The summed E-state index contributed by atoms with van der Waals surface area (Å²) in [5.41, 5.74) is 2.62. The first kappa shape index (κ1) is 20.0. The summed E-state index contributed by atoms with van der Waals surface area (Å²) in [6.45, 7) is 4.66. The number of nitrogens with zero attached hydrogens (tertiary/aromatic N) is 3. The molecule has 0 radical (unpaired) electrons. The van der Waals surface area contributed by atoms with E-state index in [4.69, 9.17) is 13.9 Å². The minimum absolute atomic E-state index is 0.141. The summed E-state index contributed by atoms with van der Waals surface area (Å²) in [7, 11) is 1.75. The van der Waals surface area contributed by atoms with E-state index < -0.39 is 0 Å². The summed E-state index contributed by atoms with van der Waals surface area (Å²) >= 11 is 0. The predicted molar refractivity (Wildman–Crippen MR) is 111 cm³/mol. The van der Waals surface area contributed by atoms with Crippen LogP contribution in [0.2, 0.25) is 0 Å². The highest BCUT2D eigenvalue weighted by Crippen LogP contribution is 2.33. The third kappa shape index (κ3) is 4.63. The van der Waals surface area contributed by atoms with Gasteiger partial charge in [-0.2, -0.15) is 0 Å². The van der Waals surface area contributed by atoms with Crippen molar-refractivity contribution < 1.29 is 18.7 Å². The normalized spacial score (nSPS) is 12.4. The van der Waals surface area contributed by atoms with Gasteiger partial charge >= 0.3 is 0 Å². The quantitative estimate of drug-likeness (QED) is 0.567. The van der Waals surface area contributed by atoms with Crippen molar-refractivity contribution in [2.24, 2.45) is 0 Å². The van der Waals surface area contributed by atoms with Crippen LogP contribution in [0.5, 0.6) is 11.5 Å². The molecule has 3 aromatic rings. The van der Waals surface area contributed by atoms with Crippen molar-refractivity contribution in [3.05, 3.63) is 77.5 Å². The van der Waals surface area contributed by atoms with Crippen LogP contribution in [0.25, 0.3) is 0 Å². The van der Waals surface area contributed by atoms with Gasteiger partial charge in [0.15, 0.2) is 17.2 Å². The van der Waals surface area contributed by atoms with Crippen LogP contribution < -0.4 is 9.47 Å². The number of hydrogen-bond donors (Lipinski definition) is 0. The van der Waals surface area contributed by atoms with Crippen LogP contribution in [0.1, 0.15) is 34.4 Å². The minimum Gasteiger partial charge on any atom is -0.454 e. The first-order valence-corrected chi connectivity index (χ1v) is 9.97. The Balaban J connectivity index is 1.52. The molecule has 0 N–H and O–H groups in total. The molecule has 0 aliphatic carbocycles. The Bertz CT molecular complexity index is 1000. The van der Waals surface area contributed by atoms with Gasteiger partial charge in [-0.3, -0.25) is 9.69 Å². The van der Waals surface area contributed by atoms with Gasteiger partial charge in [0, 0.05) is 26.7 Å². The number of fused-ring (bicyclic) bond motifs is 1. The molecule has 1 aromatic heterocycles. The van der Waals surface area contributed by atoms with E-state index in [2.05, 4.69) is 22.0 Å². The minimum atomic E-state index is -0.141. The summed E-state index contributed by atoms with van der Waals surface area (Å²) in [4.78, 5) is 20.6. The molecular formula is C23H25N3O4. The Labute approximate surface area is 175 Å². The number of oxazole rings is 1. The van der Waals surface area contributed by atoms with E-state index in [1.54, 1.807) is 11.9 Å². The van der Waals surface area contributed by atoms with Gasteiger partial charge in [-0.1, -0.05) is 36.4 Å². The second-order valence-electron chi connectivity index (χ2n) is 7.26. The highest BCUT2D eigenvalue weighted by atomic mass is 16.7. The van der Waals surface area contributed by atoms with E-state index in [1.807, 2.05) is 43.3 Å². The number of amides is 1. The summed E-state index contributed by atoms with van der Waals surface area (Å²) in [5.74, 6) is 1.90. The monoisotopic (exact) mass is 407 g/mol. The topological polar surface area (TPSA) is 68.0 Å². The van der Waals surface area contributed by atoms with Crippen LogP contribution in [-0.4, -0.2) is 41.1 Å². The van der Waals surface area contributed by atoms with Gasteiger partial charge in [0.05, 0.1) is 6.54 Å². The molecule has 0 spiro atoms. The van der Waals surface area contributed by atoms with E-state index in [0.717, 1.165) is 23.6 Å². The van der Waals surface area contributed by atoms with Gasteiger partial charge in [-0.15, -0.1) is 0 Å². The standard InChI is InChI=1S/C23H25N3O4/c1-3-25(2)23(27)19-15-28-22(24-19)14-26(12-17-7-5-4-6-8-17)13-18-9-10-20-21(11-18)30-16-29-20/h4-11,15H,3,12-14,16H2,1-2H3. The Morgan fingerprint density at radius 1 is 1.00 bits per heavy atom. The van der Waals surface area contributed by atoms with E-state index in [-0.39, 0.29) is 12.7 Å². The van der Waals surface area contributed by atoms with Crippen LogP contribution in [-0.2, 0) is 19.6 Å². The van der Waals surface area contributed by atoms with Gasteiger partial charge in [0.25, 0.3) is 5.91 Å². The van der Waals surface area contributed by atoms with E-state index >= 15 is 0 Å². The van der Waals surface area contributed by atoms with Crippen molar-refractivity contribution in [3.63, 3.8) is 0 Å². The second kappa shape index (κ2) is 9.00. The van der Waals surface area contributed by atoms with Crippen molar-refractivity contribution in [2.45, 2.75) is 26.6 Å². The zero-order chi connectivity index (χ0) is 20.9. The van der Waals surface area contributed by atoms with Crippen LogP contribution in [0.15, 0.2) is 59.2 Å². The molecule has 0 bridgehead atoms. The number of benzene rings is 2. The summed E-state index contributed by atoms with van der Waals surface area (Å²) in [5, 5.41) is 0. The van der Waals surface area contributed by atoms with Crippen molar-refractivity contribution in [2.75, 3.05) is 20.4 Å². The van der Waals surface area contributed by atoms with Gasteiger partial charge in [-0.25, -0.2) is 4.98 Å². The number of ether oxygens (including phenoxy) is 2. The summed E-state index contributed by atoms with van der Waals surface area (Å²) in [6, 6.07) is 16.2. The van der Waals surface area contributed by atoms with Gasteiger partial charge in [0.2, 0.25) is 12.7 Å². The lowest BCUT2D eigenvalue weighted by atomic mass is 10.1. The molecule has 0 saturated carbocycles. The maximum Gasteiger partial charge on any atom is 0.275 e. The highest BCUT2D eigenvalue weighted by Gasteiger charge is 2.19. The largest absolute Gasteiger partial charge is 0.454 e. The molecule has 156 valence electrons. The lowest BCUT2D eigenvalue weighted by Gasteiger charge is -2.21. The number of hydrogen-bond acceptors (Lipinski definition) is 6. The molecule has 7 heteroatoms. The van der Waals surface area contributed by atoms with Gasteiger partial charge < -0.3 is 18.8 Å². The Kier molecular flexibility index (Phi) is 5.99. The van der Waals surface area contributed by atoms with E-state index in [1.165, 1.54) is 11.8 Å². The molecule has 4 rings (SSSR count). The first-order chi connectivity index (χ1) is 14.6. The zero-order valence-electron chi connectivity index (χ0n) is 17.2. The van der Waals surface area contributed by atoms with Crippen LogP contribution >= 0.6 is 0 Å². The molecule has 1 aliphatic rings. The maximum atomic E-state index is 12.3. The first-order valence-electron chi connectivity index (χ1n) is 9.97. The van der Waals surface area contributed by atoms with Crippen LogP contribution in [0.4, 0.5) is 0 Å². The fourth-order valence-electron chi connectivity index (χ4n) is 3.32. The van der Waals surface area contributed by atoms with Gasteiger partial charge in [-0.05, 0) is 30.2 Å². The second-order valence-corrected chi connectivity index (χ2v) is 7.26. The van der Waals surface area contributed by atoms with Crippen molar-refractivity contribution in [1.82, 2.24) is 14.8 Å². The molecule has 30 heavy (non-hydrogen) atoms. The smallest absolute Gasteiger partial charge is 0.275 e. The number of carbonyl (C=O) groups is 1. The zero-order valence-corrected chi connectivity index (χ0v) is 17.2. The number of aromatic nitrogens is 1. The Morgan fingerprint density at radius 3 is 2.57 bits per heavy atom. The van der Waals surface area contributed by atoms with E-state index in [9.17, 15) is 4.79 Å². The third-order valence-electron chi connectivity index (χ3n) is 5.04. The van der Waals surface area contributed by atoms with Gasteiger partial charge in [0.1, 0.15) is 6.26 Å². The average molecular weight is 407 g/mol. The Hall–Kier alpha value is -3.32. The lowest BCUT2D eigenvalue weighted by molar-refractivity contribution is 0.0796. The third-order valence-corrected chi connectivity index (χ3v) is 5.04. The predicted octanol–water partition coefficient (Wildman–Crippen LogP) is 3.70. The summed E-state index contributed by atoms with van der Waals surface area (Å²) < 4.78 is 16.5.